The Kier molecular flexibility index (Phi) is 5.89. The molecule has 146 valence electrons. The number of benzene rings is 2. The lowest BCUT2D eigenvalue weighted by atomic mass is 9.83. The molecule has 28 heavy (non-hydrogen) atoms. The van der Waals surface area contributed by atoms with E-state index in [1.54, 1.807) is 48.5 Å². The maximum Gasteiger partial charge on any atom is 0.338 e. The molecule has 0 saturated heterocycles. The topological polar surface area (TPSA) is 113 Å². The van der Waals surface area contributed by atoms with Gasteiger partial charge in [-0.2, -0.15) is 0 Å². The zero-order valence-corrected chi connectivity index (χ0v) is 14.8. The fourth-order valence-electron chi connectivity index (χ4n) is 2.83. The minimum atomic E-state index is -2.24. The van der Waals surface area contributed by atoms with Gasteiger partial charge in [-0.25, -0.2) is 9.59 Å². The summed E-state index contributed by atoms with van der Waals surface area (Å²) in [6.45, 7) is -0.688. The van der Waals surface area contributed by atoms with E-state index in [9.17, 15) is 24.9 Å². The predicted octanol–water partition coefficient (Wildman–Crippen LogP) is 1.09. The first kappa shape index (κ1) is 19.8. The standard InChI is InChI=1S/C21H20O7/c22-17-12-11-16(28-20(25)15-9-5-2-6-10-15)18(23)21(17,26)13-27-19(24)14-7-3-1-4-8-14/h1-12,16-18,22-23,26H,13H2. The van der Waals surface area contributed by atoms with Crippen molar-refractivity contribution >= 4 is 11.9 Å². The van der Waals surface area contributed by atoms with E-state index < -0.39 is 42.5 Å². The van der Waals surface area contributed by atoms with Gasteiger partial charge in [0.1, 0.15) is 24.9 Å². The number of rotatable bonds is 5. The molecule has 1 aliphatic carbocycles. The van der Waals surface area contributed by atoms with Crippen LogP contribution >= 0.6 is 0 Å². The first-order valence-corrected chi connectivity index (χ1v) is 8.67. The highest BCUT2D eigenvalue weighted by Gasteiger charge is 2.50. The van der Waals surface area contributed by atoms with E-state index in [0.717, 1.165) is 0 Å². The summed E-state index contributed by atoms with van der Waals surface area (Å²) in [7, 11) is 0. The molecule has 7 nitrogen and oxygen atoms in total. The Morgan fingerprint density at radius 1 is 0.857 bits per heavy atom. The van der Waals surface area contributed by atoms with Crippen LogP contribution in [0.4, 0.5) is 0 Å². The number of aliphatic hydroxyl groups excluding tert-OH is 2. The van der Waals surface area contributed by atoms with Gasteiger partial charge in [-0.1, -0.05) is 42.5 Å². The highest BCUT2D eigenvalue weighted by molar-refractivity contribution is 5.90. The van der Waals surface area contributed by atoms with Gasteiger partial charge >= 0.3 is 11.9 Å². The lowest BCUT2D eigenvalue weighted by Gasteiger charge is -2.40. The van der Waals surface area contributed by atoms with Crippen LogP contribution in [0, 0.1) is 0 Å². The number of carbonyl (C=O) groups excluding carboxylic acids is 2. The third-order valence-electron chi connectivity index (χ3n) is 4.52. The Balaban J connectivity index is 1.69. The molecular formula is C21H20O7. The van der Waals surface area contributed by atoms with E-state index in [1.165, 1.54) is 24.3 Å². The number of esters is 2. The Morgan fingerprint density at radius 2 is 1.39 bits per heavy atom. The van der Waals surface area contributed by atoms with Crippen molar-refractivity contribution in [2.75, 3.05) is 6.61 Å². The fraction of sp³-hybridized carbons (Fsp3) is 0.238. The van der Waals surface area contributed by atoms with Crippen LogP contribution in [0.2, 0.25) is 0 Å². The maximum absolute atomic E-state index is 12.2. The highest BCUT2D eigenvalue weighted by Crippen LogP contribution is 2.28. The van der Waals surface area contributed by atoms with Gasteiger partial charge in [-0.05, 0) is 30.3 Å². The van der Waals surface area contributed by atoms with E-state index >= 15 is 0 Å². The minimum Gasteiger partial charge on any atom is -0.459 e. The zero-order valence-electron chi connectivity index (χ0n) is 14.8. The highest BCUT2D eigenvalue weighted by atomic mass is 16.6. The van der Waals surface area contributed by atoms with Crippen molar-refractivity contribution in [1.29, 1.82) is 0 Å². The number of hydrogen-bond donors (Lipinski definition) is 3. The molecule has 0 aliphatic heterocycles. The van der Waals surface area contributed by atoms with Crippen LogP contribution in [0.25, 0.3) is 0 Å². The van der Waals surface area contributed by atoms with Crippen molar-refractivity contribution in [3.63, 3.8) is 0 Å². The molecule has 3 rings (SSSR count). The Hall–Kier alpha value is -3.00. The average molecular weight is 384 g/mol. The van der Waals surface area contributed by atoms with Crippen molar-refractivity contribution in [2.45, 2.75) is 23.9 Å². The molecule has 2 aromatic rings. The summed E-state index contributed by atoms with van der Waals surface area (Å²) in [6, 6.07) is 16.2. The van der Waals surface area contributed by atoms with E-state index in [-0.39, 0.29) is 11.1 Å². The molecule has 0 bridgehead atoms. The molecule has 4 unspecified atom stereocenters. The van der Waals surface area contributed by atoms with Crippen LogP contribution < -0.4 is 0 Å². The average Bonchev–Trinajstić information content (AvgIpc) is 2.74. The molecule has 0 radical (unpaired) electrons. The van der Waals surface area contributed by atoms with Gasteiger partial charge in [0, 0.05) is 0 Å². The van der Waals surface area contributed by atoms with Gasteiger partial charge in [-0.15, -0.1) is 0 Å². The second kappa shape index (κ2) is 8.35. The maximum atomic E-state index is 12.2. The Labute approximate surface area is 161 Å². The van der Waals surface area contributed by atoms with E-state index in [2.05, 4.69) is 0 Å². The van der Waals surface area contributed by atoms with Crippen molar-refractivity contribution < 1.29 is 34.4 Å². The first-order valence-electron chi connectivity index (χ1n) is 8.67. The Bertz CT molecular complexity index is 850. The lowest BCUT2D eigenvalue weighted by Crippen LogP contribution is -2.61. The number of ether oxygens (including phenoxy) is 2. The summed E-state index contributed by atoms with van der Waals surface area (Å²) >= 11 is 0. The number of aliphatic hydroxyl groups is 3. The summed E-state index contributed by atoms with van der Waals surface area (Å²) in [5.41, 5.74) is -1.71. The second-order valence-corrected chi connectivity index (χ2v) is 6.44. The smallest absolute Gasteiger partial charge is 0.338 e. The third kappa shape index (κ3) is 4.12. The minimum absolute atomic E-state index is 0.258. The SMILES string of the molecule is O=C(OCC1(O)C(O)C=CC(OC(=O)c2ccccc2)C1O)c1ccccc1. The summed E-state index contributed by atoms with van der Waals surface area (Å²) in [5.74, 6) is -1.42. The summed E-state index contributed by atoms with van der Waals surface area (Å²) in [4.78, 5) is 24.3. The second-order valence-electron chi connectivity index (χ2n) is 6.44. The summed E-state index contributed by atoms with van der Waals surface area (Å²) < 4.78 is 10.3. The van der Waals surface area contributed by atoms with Crippen LogP contribution in [0.15, 0.2) is 72.8 Å². The molecule has 1 aliphatic rings. The number of carbonyl (C=O) groups is 2. The predicted molar refractivity (Wildman–Crippen MR) is 98.5 cm³/mol. The van der Waals surface area contributed by atoms with E-state index in [0.29, 0.717) is 0 Å². The Morgan fingerprint density at radius 3 is 1.96 bits per heavy atom. The summed E-state index contributed by atoms with van der Waals surface area (Å²) in [5, 5.41) is 31.4. The molecule has 2 aromatic carbocycles. The normalized spacial score (nSPS) is 26.5. The molecule has 0 spiro atoms. The van der Waals surface area contributed by atoms with Gasteiger partial charge in [0.25, 0.3) is 0 Å². The van der Waals surface area contributed by atoms with Crippen molar-refractivity contribution in [1.82, 2.24) is 0 Å². The van der Waals surface area contributed by atoms with Crippen LogP contribution in [-0.4, -0.2) is 57.8 Å². The summed E-state index contributed by atoms with van der Waals surface area (Å²) in [6.07, 6.45) is -1.98. The van der Waals surface area contributed by atoms with E-state index in [1.807, 2.05) is 0 Å². The van der Waals surface area contributed by atoms with Crippen LogP contribution in [-0.2, 0) is 9.47 Å². The quantitative estimate of drug-likeness (QED) is 0.522. The largest absolute Gasteiger partial charge is 0.459 e. The van der Waals surface area contributed by atoms with E-state index in [4.69, 9.17) is 9.47 Å². The molecule has 7 heteroatoms. The van der Waals surface area contributed by atoms with Crippen LogP contribution in [0.1, 0.15) is 20.7 Å². The van der Waals surface area contributed by atoms with Crippen LogP contribution in [0.3, 0.4) is 0 Å². The third-order valence-corrected chi connectivity index (χ3v) is 4.52. The molecule has 0 fully saturated rings. The molecule has 0 saturated carbocycles. The monoisotopic (exact) mass is 384 g/mol. The molecule has 0 aromatic heterocycles. The number of hydrogen-bond acceptors (Lipinski definition) is 7. The molecular weight excluding hydrogens is 364 g/mol. The van der Waals surface area contributed by atoms with Crippen LogP contribution in [0.5, 0.6) is 0 Å². The van der Waals surface area contributed by atoms with Crippen molar-refractivity contribution in [2.24, 2.45) is 0 Å². The van der Waals surface area contributed by atoms with Gasteiger partial charge < -0.3 is 24.8 Å². The fourth-order valence-corrected chi connectivity index (χ4v) is 2.83. The van der Waals surface area contributed by atoms with Gasteiger partial charge in [0.2, 0.25) is 0 Å². The van der Waals surface area contributed by atoms with Gasteiger partial charge in [0.15, 0.2) is 5.60 Å². The van der Waals surface area contributed by atoms with Crippen molar-refractivity contribution in [3.8, 4) is 0 Å². The zero-order chi connectivity index (χ0) is 20.1. The van der Waals surface area contributed by atoms with Gasteiger partial charge in [0.05, 0.1) is 11.1 Å². The molecule has 3 N–H and O–H groups in total. The molecule has 0 amide bonds. The van der Waals surface area contributed by atoms with Gasteiger partial charge in [-0.3, -0.25) is 0 Å². The molecule has 0 heterocycles. The molecule has 4 atom stereocenters. The van der Waals surface area contributed by atoms with Crippen molar-refractivity contribution in [3.05, 3.63) is 83.9 Å². The first-order chi connectivity index (χ1) is 13.4. The lowest BCUT2D eigenvalue weighted by molar-refractivity contribution is -0.183.